The van der Waals surface area contributed by atoms with Gasteiger partial charge in [-0.2, -0.15) is 4.98 Å². The van der Waals surface area contributed by atoms with Crippen LogP contribution in [0, 0.1) is 0 Å². The van der Waals surface area contributed by atoms with Crippen LogP contribution in [0.15, 0.2) is 65.9 Å². The number of aromatic nitrogens is 3. The lowest BCUT2D eigenvalue weighted by atomic mass is 9.85. The average Bonchev–Trinajstić information content (AvgIpc) is 3.18. The number of hydrogen-bond acceptors (Lipinski definition) is 5. The van der Waals surface area contributed by atoms with E-state index in [0.717, 1.165) is 41.0 Å². The van der Waals surface area contributed by atoms with E-state index < -0.39 is 0 Å². The number of ether oxygens (including phenoxy) is 1. The molecule has 146 valence electrons. The number of fused-ring (bicyclic) bond motifs is 1. The molecule has 1 aliphatic heterocycles. The molecule has 0 saturated carbocycles. The van der Waals surface area contributed by atoms with Gasteiger partial charge in [-0.3, -0.25) is 4.79 Å². The van der Waals surface area contributed by atoms with Crippen LogP contribution in [0.3, 0.4) is 0 Å². The van der Waals surface area contributed by atoms with E-state index in [0.29, 0.717) is 24.8 Å². The van der Waals surface area contributed by atoms with Gasteiger partial charge in [-0.1, -0.05) is 42.5 Å². The van der Waals surface area contributed by atoms with E-state index in [9.17, 15) is 4.79 Å². The molecular weight excluding hydrogens is 364 g/mol. The summed E-state index contributed by atoms with van der Waals surface area (Å²) in [5.74, 6) is 2.32. The van der Waals surface area contributed by atoms with Gasteiger partial charge in [0.25, 0.3) is 0 Å². The summed E-state index contributed by atoms with van der Waals surface area (Å²) in [5.41, 5.74) is 3.73. The molecule has 0 amide bonds. The number of carbonyl (C=O) groups excluding carboxylic acids is 1. The minimum absolute atomic E-state index is 0.181. The first-order valence-electron chi connectivity index (χ1n) is 10.0. The first-order chi connectivity index (χ1) is 14.2. The Balaban J connectivity index is 1.63. The molecule has 1 unspecified atom stereocenters. The Morgan fingerprint density at radius 3 is 2.66 bits per heavy atom. The van der Waals surface area contributed by atoms with Crippen LogP contribution in [0.2, 0.25) is 0 Å². The summed E-state index contributed by atoms with van der Waals surface area (Å²) in [4.78, 5) is 17.6. The second-order valence-corrected chi connectivity index (χ2v) is 7.27. The summed E-state index contributed by atoms with van der Waals surface area (Å²) in [6.07, 6.45) is 2.28. The third-order valence-electron chi connectivity index (χ3n) is 5.41. The van der Waals surface area contributed by atoms with Crippen LogP contribution >= 0.6 is 0 Å². The van der Waals surface area contributed by atoms with Crippen LogP contribution in [-0.4, -0.2) is 27.2 Å². The smallest absolute Gasteiger partial charge is 0.226 e. The van der Waals surface area contributed by atoms with E-state index in [1.807, 2.05) is 66.2 Å². The van der Waals surface area contributed by atoms with E-state index in [1.54, 1.807) is 0 Å². The second-order valence-electron chi connectivity index (χ2n) is 7.27. The molecule has 0 fully saturated rings. The largest absolute Gasteiger partial charge is 0.494 e. The first-order valence-corrected chi connectivity index (χ1v) is 10.0. The lowest BCUT2D eigenvalue weighted by molar-refractivity contribution is -0.116. The summed E-state index contributed by atoms with van der Waals surface area (Å²) < 4.78 is 7.43. The van der Waals surface area contributed by atoms with E-state index in [4.69, 9.17) is 14.8 Å². The van der Waals surface area contributed by atoms with Crippen molar-refractivity contribution in [3.05, 3.63) is 71.4 Å². The van der Waals surface area contributed by atoms with Crippen molar-refractivity contribution in [3.8, 4) is 17.1 Å². The Hall–Kier alpha value is -3.41. The highest BCUT2D eigenvalue weighted by Gasteiger charge is 2.36. The maximum atomic E-state index is 12.9. The summed E-state index contributed by atoms with van der Waals surface area (Å²) in [6, 6.07) is 17.5. The van der Waals surface area contributed by atoms with E-state index in [-0.39, 0.29) is 11.8 Å². The zero-order valence-electron chi connectivity index (χ0n) is 16.3. The molecule has 0 saturated heterocycles. The van der Waals surface area contributed by atoms with Crippen LogP contribution in [0.25, 0.3) is 11.4 Å². The lowest BCUT2D eigenvalue weighted by Gasteiger charge is -2.32. The van der Waals surface area contributed by atoms with Gasteiger partial charge in [0.1, 0.15) is 11.8 Å². The highest BCUT2D eigenvalue weighted by molar-refractivity contribution is 5.99. The average molecular weight is 386 g/mol. The normalized spacial score (nSPS) is 18.1. The summed E-state index contributed by atoms with van der Waals surface area (Å²) in [7, 11) is 0. The molecule has 0 radical (unpaired) electrons. The molecule has 1 atom stereocenters. The van der Waals surface area contributed by atoms with Gasteiger partial charge in [0.2, 0.25) is 5.95 Å². The van der Waals surface area contributed by atoms with Gasteiger partial charge in [0, 0.05) is 23.3 Å². The SMILES string of the molecule is CCOc1ccc(C2C3=C(CCCC3=O)Nc3nc(-c4ccccc4)nn32)cc1. The van der Waals surface area contributed by atoms with Gasteiger partial charge in [0.15, 0.2) is 11.6 Å². The number of benzene rings is 2. The minimum atomic E-state index is -0.283. The van der Waals surface area contributed by atoms with E-state index in [2.05, 4.69) is 5.32 Å². The fourth-order valence-corrected chi connectivity index (χ4v) is 4.09. The number of nitrogens with one attached hydrogen (secondary N) is 1. The molecule has 2 heterocycles. The Morgan fingerprint density at radius 1 is 1.10 bits per heavy atom. The lowest BCUT2D eigenvalue weighted by Crippen LogP contribution is -2.31. The number of allylic oxidation sites excluding steroid dienone is 2. The van der Waals surface area contributed by atoms with Crippen molar-refractivity contribution in [3.63, 3.8) is 0 Å². The molecule has 2 aliphatic rings. The molecule has 6 heteroatoms. The number of rotatable bonds is 4. The van der Waals surface area contributed by atoms with Crippen LogP contribution in [0.5, 0.6) is 5.75 Å². The number of hydrogen-bond donors (Lipinski definition) is 1. The standard InChI is InChI=1S/C23H22N4O2/c1-2-29-17-13-11-15(12-14-17)21-20-18(9-6-10-19(20)28)24-23-25-22(26-27(21)23)16-7-4-3-5-8-16/h3-5,7-8,11-14,21H,2,6,9-10H2,1H3,(H,24,25,26). The minimum Gasteiger partial charge on any atom is -0.494 e. The maximum absolute atomic E-state index is 12.9. The van der Waals surface area contributed by atoms with E-state index >= 15 is 0 Å². The van der Waals surface area contributed by atoms with Gasteiger partial charge in [-0.15, -0.1) is 5.10 Å². The Morgan fingerprint density at radius 2 is 1.90 bits per heavy atom. The van der Waals surface area contributed by atoms with E-state index in [1.165, 1.54) is 0 Å². The van der Waals surface area contributed by atoms with Crippen LogP contribution in [-0.2, 0) is 4.79 Å². The fraction of sp³-hybridized carbons (Fsp3) is 0.261. The zero-order chi connectivity index (χ0) is 19.8. The van der Waals surface area contributed by atoms with Crippen molar-refractivity contribution in [2.75, 3.05) is 11.9 Å². The quantitative estimate of drug-likeness (QED) is 0.721. The second kappa shape index (κ2) is 7.20. The number of anilines is 1. The number of nitrogens with zero attached hydrogens (tertiary/aromatic N) is 3. The van der Waals surface area contributed by atoms with Crippen LogP contribution in [0.4, 0.5) is 5.95 Å². The summed E-state index contributed by atoms with van der Waals surface area (Å²) in [6.45, 7) is 2.58. The number of Topliss-reactive ketones (excluding diaryl/α,β-unsaturated/α-hetero) is 1. The van der Waals surface area contributed by atoms with Gasteiger partial charge >= 0.3 is 0 Å². The van der Waals surface area contributed by atoms with Crippen molar-refractivity contribution in [2.45, 2.75) is 32.2 Å². The Bertz CT molecular complexity index is 1080. The molecule has 3 aromatic rings. The predicted octanol–water partition coefficient (Wildman–Crippen LogP) is 4.37. The molecule has 1 N–H and O–H groups in total. The molecule has 1 aromatic heterocycles. The Labute approximate surface area is 169 Å². The molecule has 5 rings (SSSR count). The Kier molecular flexibility index (Phi) is 4.39. The van der Waals surface area contributed by atoms with Crippen molar-refractivity contribution in [1.82, 2.24) is 14.8 Å². The maximum Gasteiger partial charge on any atom is 0.226 e. The fourth-order valence-electron chi connectivity index (χ4n) is 4.09. The van der Waals surface area contributed by atoms with Crippen molar-refractivity contribution in [2.24, 2.45) is 0 Å². The third-order valence-corrected chi connectivity index (χ3v) is 5.41. The highest BCUT2D eigenvalue weighted by Crippen LogP contribution is 2.40. The van der Waals surface area contributed by atoms with Crippen molar-refractivity contribution < 1.29 is 9.53 Å². The number of ketones is 1. The molecule has 6 nitrogen and oxygen atoms in total. The third kappa shape index (κ3) is 3.10. The van der Waals surface area contributed by atoms with Crippen molar-refractivity contribution in [1.29, 1.82) is 0 Å². The zero-order valence-corrected chi connectivity index (χ0v) is 16.3. The topological polar surface area (TPSA) is 69.0 Å². The van der Waals surface area contributed by atoms with Gasteiger partial charge in [-0.25, -0.2) is 4.68 Å². The molecule has 2 aromatic carbocycles. The highest BCUT2D eigenvalue weighted by atomic mass is 16.5. The molecule has 1 aliphatic carbocycles. The van der Waals surface area contributed by atoms with Crippen molar-refractivity contribution >= 4 is 11.7 Å². The van der Waals surface area contributed by atoms with Crippen LogP contribution in [0.1, 0.15) is 37.8 Å². The molecule has 0 spiro atoms. The molecular formula is C23H22N4O2. The monoisotopic (exact) mass is 386 g/mol. The van der Waals surface area contributed by atoms with Gasteiger partial charge < -0.3 is 10.1 Å². The molecule has 29 heavy (non-hydrogen) atoms. The summed E-state index contributed by atoms with van der Waals surface area (Å²) in [5, 5.41) is 8.16. The molecule has 0 bridgehead atoms. The predicted molar refractivity (Wildman–Crippen MR) is 111 cm³/mol. The van der Waals surface area contributed by atoms with Gasteiger partial charge in [-0.05, 0) is 37.5 Å². The first kappa shape index (κ1) is 17.7. The number of carbonyl (C=O) groups is 1. The van der Waals surface area contributed by atoms with Crippen LogP contribution < -0.4 is 10.1 Å². The van der Waals surface area contributed by atoms with Gasteiger partial charge in [0.05, 0.1) is 6.61 Å². The summed E-state index contributed by atoms with van der Waals surface area (Å²) >= 11 is 0.